The molecule has 0 bridgehead atoms. The van der Waals surface area contributed by atoms with Gasteiger partial charge >= 0.3 is 0 Å². The van der Waals surface area contributed by atoms with Gasteiger partial charge in [0.1, 0.15) is 6.26 Å². The molecule has 5 heteroatoms. The number of oxazole rings is 1. The summed E-state index contributed by atoms with van der Waals surface area (Å²) in [6.45, 7) is 2.27. The molecule has 1 spiro atoms. The van der Waals surface area contributed by atoms with Crippen LogP contribution < -0.4 is 5.32 Å². The Kier molecular flexibility index (Phi) is 3.13. The number of aromatic nitrogens is 1. The molecule has 0 radical (unpaired) electrons. The van der Waals surface area contributed by atoms with E-state index in [0.717, 1.165) is 51.1 Å². The summed E-state index contributed by atoms with van der Waals surface area (Å²) >= 11 is 0. The van der Waals surface area contributed by atoms with Gasteiger partial charge in [-0.3, -0.25) is 0 Å². The smallest absolute Gasteiger partial charge is 0.180 e. The van der Waals surface area contributed by atoms with Crippen LogP contribution in [0.1, 0.15) is 31.4 Å². The molecule has 0 amide bonds. The Morgan fingerprint density at radius 2 is 2.06 bits per heavy atom. The highest BCUT2D eigenvalue weighted by molar-refractivity contribution is 4.92. The van der Waals surface area contributed by atoms with Crippen LogP contribution in [0.15, 0.2) is 17.1 Å². The van der Waals surface area contributed by atoms with Crippen LogP contribution in [0.5, 0.6) is 0 Å². The molecule has 1 aliphatic carbocycles. The summed E-state index contributed by atoms with van der Waals surface area (Å²) in [5.74, 6) is -0.258. The van der Waals surface area contributed by atoms with Crippen molar-refractivity contribution >= 4 is 0 Å². The van der Waals surface area contributed by atoms with Gasteiger partial charge < -0.3 is 19.2 Å². The number of nitrogens with zero attached hydrogens (tertiary/aromatic N) is 1. The predicted octanol–water partition coefficient (Wildman–Crippen LogP) is 1.45. The van der Waals surface area contributed by atoms with E-state index < -0.39 is 0 Å². The van der Waals surface area contributed by atoms with Crippen molar-refractivity contribution in [1.29, 1.82) is 0 Å². The van der Waals surface area contributed by atoms with Gasteiger partial charge in [0.2, 0.25) is 0 Å². The third kappa shape index (κ3) is 2.51. The Bertz CT molecular complexity index is 337. The predicted molar refractivity (Wildman–Crippen MR) is 60.2 cm³/mol. The third-order valence-corrected chi connectivity index (χ3v) is 3.62. The quantitative estimate of drug-likeness (QED) is 0.863. The molecule has 0 unspecified atom stereocenters. The molecule has 1 aromatic heterocycles. The molecule has 2 aliphatic rings. The van der Waals surface area contributed by atoms with Crippen molar-refractivity contribution in [3.05, 3.63) is 18.4 Å². The summed E-state index contributed by atoms with van der Waals surface area (Å²) in [7, 11) is 0. The van der Waals surface area contributed by atoms with Crippen molar-refractivity contribution in [3.63, 3.8) is 0 Å². The van der Waals surface area contributed by atoms with E-state index in [1.165, 1.54) is 6.39 Å². The van der Waals surface area contributed by atoms with Crippen molar-refractivity contribution in [1.82, 2.24) is 10.3 Å². The highest BCUT2D eigenvalue weighted by Gasteiger charge is 2.40. The second kappa shape index (κ2) is 4.76. The highest BCUT2D eigenvalue weighted by Crippen LogP contribution is 2.35. The lowest BCUT2D eigenvalue weighted by Crippen LogP contribution is -2.41. The summed E-state index contributed by atoms with van der Waals surface area (Å²) in [4.78, 5) is 4.09. The van der Waals surface area contributed by atoms with Gasteiger partial charge in [-0.15, -0.1) is 0 Å². The summed E-state index contributed by atoms with van der Waals surface area (Å²) in [6.07, 6.45) is 7.32. The molecule has 1 aliphatic heterocycles. The first-order chi connectivity index (χ1) is 8.36. The Morgan fingerprint density at radius 1 is 1.29 bits per heavy atom. The van der Waals surface area contributed by atoms with Crippen LogP contribution in [-0.4, -0.2) is 30.0 Å². The van der Waals surface area contributed by atoms with E-state index >= 15 is 0 Å². The van der Waals surface area contributed by atoms with Gasteiger partial charge in [0.15, 0.2) is 12.2 Å². The van der Waals surface area contributed by atoms with E-state index in [9.17, 15) is 0 Å². The van der Waals surface area contributed by atoms with Crippen LogP contribution in [0.2, 0.25) is 0 Å². The van der Waals surface area contributed by atoms with E-state index in [2.05, 4.69) is 10.3 Å². The standard InChI is InChI=1S/C12H18N2O3/c1-3-12(16-5-6-17-12)4-2-10(1)13-7-11-8-15-9-14-11/h8-10,13H,1-7H2. The molecule has 1 saturated heterocycles. The zero-order chi connectivity index (χ0) is 11.6. The number of nitrogens with one attached hydrogen (secondary N) is 1. The summed E-state index contributed by atoms with van der Waals surface area (Å²) in [5.41, 5.74) is 0.957. The van der Waals surface area contributed by atoms with Gasteiger partial charge in [-0.1, -0.05) is 0 Å². The van der Waals surface area contributed by atoms with Gasteiger partial charge in [-0.25, -0.2) is 4.98 Å². The van der Waals surface area contributed by atoms with Crippen LogP contribution in [0, 0.1) is 0 Å². The Hall–Kier alpha value is -0.910. The average molecular weight is 238 g/mol. The molecule has 0 atom stereocenters. The van der Waals surface area contributed by atoms with E-state index in [1.807, 2.05) is 0 Å². The molecule has 94 valence electrons. The fraction of sp³-hybridized carbons (Fsp3) is 0.750. The minimum Gasteiger partial charge on any atom is -0.451 e. The van der Waals surface area contributed by atoms with Crippen LogP contribution in [0.4, 0.5) is 0 Å². The fourth-order valence-corrected chi connectivity index (χ4v) is 2.62. The van der Waals surface area contributed by atoms with Crippen molar-refractivity contribution in [2.45, 2.75) is 44.1 Å². The molecular weight excluding hydrogens is 220 g/mol. The van der Waals surface area contributed by atoms with Crippen LogP contribution in [0.3, 0.4) is 0 Å². The second-order valence-electron chi connectivity index (χ2n) is 4.74. The Labute approximate surface area is 100 Å². The topological polar surface area (TPSA) is 56.5 Å². The number of hydrogen-bond donors (Lipinski definition) is 1. The first-order valence-corrected chi connectivity index (χ1v) is 6.25. The molecule has 2 heterocycles. The fourth-order valence-electron chi connectivity index (χ4n) is 2.62. The van der Waals surface area contributed by atoms with E-state index in [0.29, 0.717) is 6.04 Å². The molecule has 17 heavy (non-hydrogen) atoms. The van der Waals surface area contributed by atoms with Crippen molar-refractivity contribution in [3.8, 4) is 0 Å². The summed E-state index contributed by atoms with van der Waals surface area (Å²) < 4.78 is 16.3. The maximum Gasteiger partial charge on any atom is 0.180 e. The van der Waals surface area contributed by atoms with Crippen molar-refractivity contribution in [2.24, 2.45) is 0 Å². The molecule has 1 N–H and O–H groups in total. The maximum atomic E-state index is 5.70. The molecule has 1 aromatic rings. The number of rotatable bonds is 3. The second-order valence-corrected chi connectivity index (χ2v) is 4.74. The Balaban J connectivity index is 1.45. The average Bonchev–Trinajstić information content (AvgIpc) is 3.01. The van der Waals surface area contributed by atoms with E-state index in [1.54, 1.807) is 6.26 Å². The molecule has 2 fully saturated rings. The van der Waals surface area contributed by atoms with Gasteiger partial charge in [0.25, 0.3) is 0 Å². The number of hydrogen-bond acceptors (Lipinski definition) is 5. The van der Waals surface area contributed by atoms with Crippen molar-refractivity contribution < 1.29 is 13.9 Å². The minimum atomic E-state index is -0.258. The SMILES string of the molecule is c1nc(CNC2CCC3(CC2)OCCO3)co1. The van der Waals surface area contributed by atoms with Gasteiger partial charge in [-0.05, 0) is 12.8 Å². The van der Waals surface area contributed by atoms with E-state index in [4.69, 9.17) is 13.9 Å². The number of ether oxygens (including phenoxy) is 2. The van der Waals surface area contributed by atoms with Crippen LogP contribution in [-0.2, 0) is 16.0 Å². The minimum absolute atomic E-state index is 0.258. The van der Waals surface area contributed by atoms with E-state index in [-0.39, 0.29) is 5.79 Å². The monoisotopic (exact) mass is 238 g/mol. The molecular formula is C12H18N2O3. The lowest BCUT2D eigenvalue weighted by atomic mass is 9.90. The first-order valence-electron chi connectivity index (χ1n) is 6.25. The molecule has 1 saturated carbocycles. The lowest BCUT2D eigenvalue weighted by molar-refractivity contribution is -0.179. The zero-order valence-electron chi connectivity index (χ0n) is 9.85. The van der Waals surface area contributed by atoms with Crippen molar-refractivity contribution in [2.75, 3.05) is 13.2 Å². The Morgan fingerprint density at radius 3 is 2.71 bits per heavy atom. The first kappa shape index (κ1) is 11.2. The van der Waals surface area contributed by atoms with Gasteiger partial charge in [0, 0.05) is 25.4 Å². The molecule has 0 aromatic carbocycles. The third-order valence-electron chi connectivity index (χ3n) is 3.62. The normalized spacial score (nSPS) is 24.5. The van der Waals surface area contributed by atoms with Gasteiger partial charge in [0.05, 0.1) is 18.9 Å². The van der Waals surface area contributed by atoms with Crippen LogP contribution in [0.25, 0.3) is 0 Å². The maximum absolute atomic E-state index is 5.70. The zero-order valence-corrected chi connectivity index (χ0v) is 9.85. The molecule has 3 rings (SSSR count). The van der Waals surface area contributed by atoms with Crippen LogP contribution >= 0.6 is 0 Å². The highest BCUT2D eigenvalue weighted by atomic mass is 16.7. The summed E-state index contributed by atoms with van der Waals surface area (Å²) in [5, 5.41) is 3.50. The van der Waals surface area contributed by atoms with Gasteiger partial charge in [-0.2, -0.15) is 0 Å². The lowest BCUT2D eigenvalue weighted by Gasteiger charge is -2.35. The molecule has 5 nitrogen and oxygen atoms in total. The summed E-state index contributed by atoms with van der Waals surface area (Å²) in [6, 6.07) is 0.533. The largest absolute Gasteiger partial charge is 0.451 e.